The van der Waals surface area contributed by atoms with Crippen molar-refractivity contribution < 1.29 is 9.53 Å². The Morgan fingerprint density at radius 3 is 2.78 bits per heavy atom. The number of ether oxygens (including phenoxy) is 1. The predicted octanol–water partition coefficient (Wildman–Crippen LogP) is 2.75. The first-order valence-electron chi connectivity index (χ1n) is 5.46. The molecule has 0 saturated heterocycles. The van der Waals surface area contributed by atoms with E-state index in [2.05, 4.69) is 4.98 Å². The van der Waals surface area contributed by atoms with Crippen molar-refractivity contribution >= 4 is 42.4 Å². The van der Waals surface area contributed by atoms with E-state index < -0.39 is 0 Å². The van der Waals surface area contributed by atoms with Gasteiger partial charge in [0.15, 0.2) is 0 Å². The van der Waals surface area contributed by atoms with Crippen molar-refractivity contribution in [3.05, 3.63) is 40.9 Å². The number of carbonyl (C=O) groups excluding carboxylic acids is 1. The van der Waals surface area contributed by atoms with E-state index in [1.807, 2.05) is 37.3 Å². The molecule has 1 aromatic heterocycles. The van der Waals surface area contributed by atoms with E-state index in [1.165, 1.54) is 25.1 Å². The molecule has 1 radical (unpaired) electrons. The molecule has 1 heterocycles. The van der Waals surface area contributed by atoms with E-state index >= 15 is 0 Å². The molecule has 0 N–H and O–H groups in total. The van der Waals surface area contributed by atoms with Crippen molar-refractivity contribution in [1.29, 1.82) is 0 Å². The van der Waals surface area contributed by atoms with E-state index in [4.69, 9.17) is 4.74 Å². The number of rotatable bonds is 4. The Kier molecular flexibility index (Phi) is 4.85. The zero-order valence-electron chi connectivity index (χ0n) is 9.88. The van der Waals surface area contributed by atoms with Gasteiger partial charge in [-0.1, -0.05) is 0 Å². The summed E-state index contributed by atoms with van der Waals surface area (Å²) in [6.07, 6.45) is 0. The summed E-state index contributed by atoms with van der Waals surface area (Å²) in [6, 6.07) is 10.0. The predicted molar refractivity (Wildman–Crippen MR) is 72.6 cm³/mol. The molecule has 0 aliphatic heterocycles. The number of carbonyl (C=O) groups is 1. The van der Waals surface area contributed by atoms with Crippen molar-refractivity contribution in [2.75, 3.05) is 0 Å². The zero-order valence-corrected chi connectivity index (χ0v) is 13.9. The summed E-state index contributed by atoms with van der Waals surface area (Å²) >= 11 is 2.81. The Bertz CT molecular complexity index is 539. The van der Waals surface area contributed by atoms with Gasteiger partial charge in [0.2, 0.25) is 0 Å². The molecule has 0 spiro atoms. The number of aromatic nitrogens is 1. The van der Waals surface area contributed by atoms with Crippen molar-refractivity contribution in [2.24, 2.45) is 0 Å². The van der Waals surface area contributed by atoms with Crippen LogP contribution in [-0.2, 0) is 16.1 Å². The molecule has 1 aromatic carbocycles. The molecule has 2 aromatic rings. The van der Waals surface area contributed by atoms with Crippen LogP contribution in [-0.4, -0.2) is 36.0 Å². The third-order valence-electron chi connectivity index (χ3n) is 2.40. The standard InChI is InChI=1S/C13H12NO2S.Po/c1-9-12(8-16-10(2)15)17-13(14-9)11-6-4-3-5-7-11;/h3-7H,2,8H2,1H3;. The van der Waals surface area contributed by atoms with Crippen LogP contribution in [0.15, 0.2) is 30.3 Å². The molecular formula is C13H12NO2PoS. The van der Waals surface area contributed by atoms with Crippen LogP contribution in [0.2, 0.25) is 4.08 Å². The van der Waals surface area contributed by atoms with E-state index in [0.29, 0.717) is 10.7 Å². The van der Waals surface area contributed by atoms with Gasteiger partial charge in [0, 0.05) is 0 Å². The van der Waals surface area contributed by atoms with Gasteiger partial charge in [-0.05, 0) is 0 Å². The number of nitrogens with zero attached hydrogens (tertiary/aromatic N) is 1. The Hall–Kier alpha value is -0.784. The van der Waals surface area contributed by atoms with Gasteiger partial charge in [0.05, 0.1) is 0 Å². The zero-order chi connectivity index (χ0) is 13.0. The minimum absolute atomic E-state index is 0.140. The SMILES string of the molecule is Cc1nc(-c2ccccc2)sc1COC(=O)[CH2][Po]. The van der Waals surface area contributed by atoms with Gasteiger partial charge in [0.1, 0.15) is 0 Å². The molecule has 5 heteroatoms. The summed E-state index contributed by atoms with van der Waals surface area (Å²) in [6.45, 7) is 2.28. The van der Waals surface area contributed by atoms with Crippen molar-refractivity contribution in [1.82, 2.24) is 4.98 Å². The van der Waals surface area contributed by atoms with Gasteiger partial charge in [-0.15, -0.1) is 0 Å². The quantitative estimate of drug-likeness (QED) is 0.666. The third-order valence-corrected chi connectivity index (χ3v) is 4.49. The molecule has 0 atom stereocenters. The molecule has 0 aliphatic carbocycles. The fraction of sp³-hybridized carbons (Fsp3) is 0.231. The van der Waals surface area contributed by atoms with Crippen LogP contribution in [0.5, 0.6) is 0 Å². The number of thiazole rings is 1. The first-order chi connectivity index (χ1) is 8.70. The summed E-state index contributed by atoms with van der Waals surface area (Å²) in [4.78, 5) is 16.7. The number of benzene rings is 1. The number of aryl methyl sites for hydroxylation is 1. The van der Waals surface area contributed by atoms with Crippen LogP contribution in [0.4, 0.5) is 0 Å². The molecule has 0 amide bonds. The van der Waals surface area contributed by atoms with E-state index in [-0.39, 0.29) is 5.97 Å². The maximum atomic E-state index is 11.2. The van der Waals surface area contributed by atoms with E-state index in [9.17, 15) is 4.79 Å². The molecule has 0 bridgehead atoms. The van der Waals surface area contributed by atoms with Crippen LogP contribution in [0.3, 0.4) is 0 Å². The fourth-order valence-corrected chi connectivity index (χ4v) is 2.76. The molecule has 0 aliphatic rings. The fourth-order valence-electron chi connectivity index (χ4n) is 1.45. The molecular weight excluding hydrogens is 443 g/mol. The topological polar surface area (TPSA) is 39.2 Å². The second-order valence-corrected chi connectivity index (χ2v) is 5.90. The summed E-state index contributed by atoms with van der Waals surface area (Å²) in [7, 11) is 0. The maximum absolute atomic E-state index is 11.2. The minimum atomic E-state index is -0.140. The van der Waals surface area contributed by atoms with Gasteiger partial charge in [-0.3, -0.25) is 0 Å². The Balaban J connectivity index is 2.15. The molecule has 0 fully saturated rings. The van der Waals surface area contributed by atoms with Crippen LogP contribution in [0, 0.1) is 6.92 Å². The van der Waals surface area contributed by atoms with Crippen LogP contribution >= 0.6 is 11.3 Å². The molecule has 3 nitrogen and oxygen atoms in total. The van der Waals surface area contributed by atoms with Gasteiger partial charge in [-0.25, -0.2) is 0 Å². The number of esters is 1. The Morgan fingerprint density at radius 1 is 1.39 bits per heavy atom. The van der Waals surface area contributed by atoms with Crippen LogP contribution < -0.4 is 0 Å². The van der Waals surface area contributed by atoms with Crippen molar-refractivity contribution in [2.45, 2.75) is 17.6 Å². The van der Waals surface area contributed by atoms with Crippen LogP contribution in [0.1, 0.15) is 10.6 Å². The molecule has 0 saturated carbocycles. The molecule has 93 valence electrons. The monoisotopic (exact) mass is 455 g/mol. The van der Waals surface area contributed by atoms with Crippen LogP contribution in [0.25, 0.3) is 10.6 Å². The van der Waals surface area contributed by atoms with E-state index in [0.717, 1.165) is 21.1 Å². The third kappa shape index (κ3) is 3.37. The summed E-state index contributed by atoms with van der Waals surface area (Å²) < 4.78 is 5.65. The summed E-state index contributed by atoms with van der Waals surface area (Å²) in [5.74, 6) is -0.140. The van der Waals surface area contributed by atoms with Gasteiger partial charge < -0.3 is 0 Å². The second-order valence-electron chi connectivity index (χ2n) is 3.70. The first kappa shape index (κ1) is 13.6. The van der Waals surface area contributed by atoms with Gasteiger partial charge >= 0.3 is 126 Å². The summed E-state index contributed by atoms with van der Waals surface area (Å²) in [5, 5.41) is 0.973. The molecule has 0 unspecified atom stereocenters. The van der Waals surface area contributed by atoms with E-state index in [1.54, 1.807) is 11.3 Å². The number of hydrogen-bond donors (Lipinski definition) is 0. The van der Waals surface area contributed by atoms with Crippen molar-refractivity contribution in [3.8, 4) is 10.6 Å². The van der Waals surface area contributed by atoms with Gasteiger partial charge in [-0.2, -0.15) is 0 Å². The normalized spacial score (nSPS) is 10.3. The first-order valence-corrected chi connectivity index (χ1v) is 8.52. The average Bonchev–Trinajstić information content (AvgIpc) is 2.78. The van der Waals surface area contributed by atoms with Gasteiger partial charge in [0.25, 0.3) is 0 Å². The Morgan fingerprint density at radius 2 is 2.11 bits per heavy atom. The van der Waals surface area contributed by atoms with Crippen molar-refractivity contribution in [3.63, 3.8) is 0 Å². The molecule has 2 rings (SSSR count). The second kappa shape index (κ2) is 6.40. The summed E-state index contributed by atoms with van der Waals surface area (Å²) in [5.41, 5.74) is 2.04. The Labute approximate surface area is 125 Å². The number of hydrogen-bond acceptors (Lipinski definition) is 4. The molecule has 18 heavy (non-hydrogen) atoms. The average molecular weight is 455 g/mol.